The molecule has 0 atom stereocenters. The number of para-hydroxylation sites is 4. The molecule has 0 saturated carbocycles. The highest BCUT2D eigenvalue weighted by Crippen LogP contribution is 2.60. The largest absolute Gasteiger partial charge is 0.456 e. The van der Waals surface area contributed by atoms with Crippen LogP contribution in [0.3, 0.4) is 0 Å². The van der Waals surface area contributed by atoms with E-state index in [9.17, 15) is 0 Å². The summed E-state index contributed by atoms with van der Waals surface area (Å²) in [7, 11) is 0. The summed E-state index contributed by atoms with van der Waals surface area (Å²) in [5.41, 5.74) is 13.3. The van der Waals surface area contributed by atoms with Gasteiger partial charge in [-0.25, -0.2) is 15.0 Å². The fourth-order valence-corrected chi connectivity index (χ4v) is 9.07. The highest BCUT2D eigenvalue weighted by molar-refractivity contribution is 6.13. The first-order valence-electron chi connectivity index (χ1n) is 21.2. The van der Waals surface area contributed by atoms with Gasteiger partial charge in [0.25, 0.3) is 0 Å². The van der Waals surface area contributed by atoms with E-state index in [1.165, 1.54) is 0 Å². The van der Waals surface area contributed by atoms with Gasteiger partial charge in [-0.15, -0.1) is 0 Å². The van der Waals surface area contributed by atoms with Crippen molar-refractivity contribution in [2.75, 3.05) is 4.90 Å². The summed E-state index contributed by atoms with van der Waals surface area (Å²) in [6, 6.07) is 70.3. The molecule has 64 heavy (non-hydrogen) atoms. The summed E-state index contributed by atoms with van der Waals surface area (Å²) in [4.78, 5) is 17.9. The SMILES string of the molecule is c1ccc(-c2cccc(-c3nc(-c4cccc(-c5ccccc5)c4)nc(-c4cccc5oc6ccc(-c7cc8c9c(c7)Oc7ccccc7N9c7ccccc7O8)cc6c45)n3)c2)cc1. The minimum Gasteiger partial charge on any atom is -0.456 e. The molecule has 0 saturated heterocycles. The number of furan rings is 1. The maximum atomic E-state index is 6.62. The second kappa shape index (κ2) is 14.4. The number of hydrogen-bond donors (Lipinski definition) is 0. The molecule has 0 spiro atoms. The van der Waals surface area contributed by atoms with Gasteiger partial charge in [-0.2, -0.15) is 0 Å². The highest BCUT2D eigenvalue weighted by Gasteiger charge is 2.35. The second-order valence-corrected chi connectivity index (χ2v) is 16.0. The maximum absolute atomic E-state index is 6.62. The van der Waals surface area contributed by atoms with Crippen LogP contribution in [0.2, 0.25) is 0 Å². The standard InChI is InChI=1S/C57H34N4O3/c1-3-14-35(15-4-1)37-18-11-20-40(30-37)55-58-56(41-21-12-19-38(31-41)36-16-5-2-6-17-36)60-57(59-55)43-22-13-27-50-53(43)44-32-39(28-29-47(44)62-50)42-33-51-54-52(34-42)64-49-26-10-8-24-46(49)61(54)45-23-7-9-25-48(45)63-51/h1-34H. The number of fused-ring (bicyclic) bond motifs is 7. The fourth-order valence-electron chi connectivity index (χ4n) is 9.07. The predicted octanol–water partition coefficient (Wildman–Crippen LogP) is 15.5. The van der Waals surface area contributed by atoms with Crippen molar-refractivity contribution in [1.82, 2.24) is 15.0 Å². The van der Waals surface area contributed by atoms with Crippen molar-refractivity contribution < 1.29 is 13.9 Å². The predicted molar refractivity (Wildman–Crippen MR) is 255 cm³/mol. The molecule has 9 aromatic carbocycles. The Morgan fingerprint density at radius 3 is 1.44 bits per heavy atom. The number of ether oxygens (including phenoxy) is 2. The Hall–Kier alpha value is -8.81. The van der Waals surface area contributed by atoms with Crippen molar-refractivity contribution in [3.05, 3.63) is 206 Å². The summed E-state index contributed by atoms with van der Waals surface area (Å²) in [6.45, 7) is 0. The number of anilines is 3. The van der Waals surface area contributed by atoms with Crippen molar-refractivity contribution in [3.8, 4) is 90.5 Å². The Labute approximate surface area is 368 Å². The van der Waals surface area contributed by atoms with Crippen molar-refractivity contribution in [2.45, 2.75) is 0 Å². The van der Waals surface area contributed by atoms with Crippen LogP contribution in [0.25, 0.3) is 89.5 Å². The third kappa shape index (κ3) is 5.94. The molecule has 11 aromatic rings. The lowest BCUT2D eigenvalue weighted by molar-refractivity contribution is 0.446. The number of nitrogens with zero attached hydrogens (tertiary/aromatic N) is 4. The van der Waals surface area contributed by atoms with Gasteiger partial charge in [0.2, 0.25) is 0 Å². The first-order chi connectivity index (χ1) is 31.7. The third-order valence-corrected chi connectivity index (χ3v) is 12.1. The van der Waals surface area contributed by atoms with Crippen molar-refractivity contribution in [1.29, 1.82) is 0 Å². The lowest BCUT2D eigenvalue weighted by atomic mass is 9.98. The molecular weight excluding hydrogens is 789 g/mol. The molecule has 7 nitrogen and oxygen atoms in total. The zero-order chi connectivity index (χ0) is 42.1. The van der Waals surface area contributed by atoms with E-state index < -0.39 is 0 Å². The van der Waals surface area contributed by atoms with Crippen LogP contribution in [0, 0.1) is 0 Å². The molecule has 7 heteroatoms. The normalized spacial score (nSPS) is 12.3. The van der Waals surface area contributed by atoms with E-state index in [-0.39, 0.29) is 0 Å². The van der Waals surface area contributed by atoms with Gasteiger partial charge in [0.05, 0.1) is 11.4 Å². The minimum atomic E-state index is 0.548. The molecule has 0 bridgehead atoms. The van der Waals surface area contributed by atoms with E-state index in [0.717, 1.165) is 112 Å². The van der Waals surface area contributed by atoms with Crippen molar-refractivity contribution in [2.24, 2.45) is 0 Å². The average molecular weight is 823 g/mol. The van der Waals surface area contributed by atoms with E-state index >= 15 is 0 Å². The molecule has 0 radical (unpaired) electrons. The molecule has 2 aliphatic rings. The van der Waals surface area contributed by atoms with Gasteiger partial charge >= 0.3 is 0 Å². The van der Waals surface area contributed by atoms with Crippen LogP contribution in [0.1, 0.15) is 0 Å². The summed E-state index contributed by atoms with van der Waals surface area (Å²) in [5.74, 6) is 4.71. The van der Waals surface area contributed by atoms with Gasteiger partial charge < -0.3 is 13.9 Å². The Bertz CT molecular complexity index is 3470. The van der Waals surface area contributed by atoms with E-state index in [1.54, 1.807) is 0 Å². The number of aromatic nitrogens is 3. The molecule has 0 aliphatic carbocycles. The molecule has 0 unspecified atom stereocenters. The van der Waals surface area contributed by atoms with Gasteiger partial charge in [0, 0.05) is 27.5 Å². The first kappa shape index (κ1) is 35.9. The topological polar surface area (TPSA) is 73.5 Å². The van der Waals surface area contributed by atoms with Crippen LogP contribution < -0.4 is 14.4 Å². The average Bonchev–Trinajstić information content (AvgIpc) is 3.75. The van der Waals surface area contributed by atoms with Crippen LogP contribution in [0.5, 0.6) is 23.0 Å². The van der Waals surface area contributed by atoms with Crippen LogP contribution in [-0.2, 0) is 0 Å². The Morgan fingerprint density at radius 2 is 0.828 bits per heavy atom. The smallest absolute Gasteiger partial charge is 0.164 e. The van der Waals surface area contributed by atoms with E-state index in [0.29, 0.717) is 17.5 Å². The lowest BCUT2D eigenvalue weighted by Gasteiger charge is -2.38. The first-order valence-corrected chi connectivity index (χ1v) is 21.2. The van der Waals surface area contributed by atoms with Gasteiger partial charge in [0.1, 0.15) is 16.9 Å². The Kier molecular flexibility index (Phi) is 8.08. The molecule has 13 rings (SSSR count). The second-order valence-electron chi connectivity index (χ2n) is 16.0. The number of benzene rings is 9. The van der Waals surface area contributed by atoms with E-state index in [1.807, 2.05) is 66.7 Å². The van der Waals surface area contributed by atoms with Gasteiger partial charge in [-0.3, -0.25) is 4.90 Å². The van der Waals surface area contributed by atoms with Gasteiger partial charge in [0.15, 0.2) is 40.5 Å². The van der Waals surface area contributed by atoms with E-state index in [2.05, 4.69) is 144 Å². The van der Waals surface area contributed by atoms with E-state index in [4.69, 9.17) is 28.8 Å². The lowest BCUT2D eigenvalue weighted by Crippen LogP contribution is -2.20. The fraction of sp³-hybridized carbons (Fsp3) is 0. The molecule has 2 aromatic heterocycles. The minimum absolute atomic E-state index is 0.548. The monoisotopic (exact) mass is 822 g/mol. The summed E-state index contributed by atoms with van der Waals surface area (Å²) >= 11 is 0. The molecular formula is C57H34N4O3. The summed E-state index contributed by atoms with van der Waals surface area (Å²) in [6.07, 6.45) is 0. The zero-order valence-electron chi connectivity index (χ0n) is 34.1. The Morgan fingerprint density at radius 1 is 0.328 bits per heavy atom. The zero-order valence-corrected chi connectivity index (χ0v) is 34.1. The van der Waals surface area contributed by atoms with Crippen LogP contribution in [-0.4, -0.2) is 15.0 Å². The molecule has 4 heterocycles. The summed E-state index contributed by atoms with van der Waals surface area (Å²) in [5, 5.41) is 1.86. The van der Waals surface area contributed by atoms with Crippen LogP contribution in [0.4, 0.5) is 17.1 Å². The molecule has 0 fully saturated rings. The van der Waals surface area contributed by atoms with Crippen molar-refractivity contribution in [3.63, 3.8) is 0 Å². The van der Waals surface area contributed by atoms with Crippen LogP contribution in [0.15, 0.2) is 211 Å². The Balaban J connectivity index is 0.977. The number of rotatable bonds is 6. The maximum Gasteiger partial charge on any atom is 0.164 e. The molecule has 300 valence electrons. The van der Waals surface area contributed by atoms with Gasteiger partial charge in [-0.1, -0.05) is 140 Å². The van der Waals surface area contributed by atoms with Crippen molar-refractivity contribution >= 4 is 39.0 Å². The highest BCUT2D eigenvalue weighted by atomic mass is 16.5. The molecule has 2 aliphatic heterocycles. The number of hydrogen-bond acceptors (Lipinski definition) is 7. The quantitative estimate of drug-likeness (QED) is 0.165. The molecule has 0 N–H and O–H groups in total. The third-order valence-electron chi connectivity index (χ3n) is 12.1. The molecule has 0 amide bonds. The van der Waals surface area contributed by atoms with Crippen LogP contribution >= 0.6 is 0 Å². The van der Waals surface area contributed by atoms with Gasteiger partial charge in [-0.05, 0) is 100 Å². The summed E-state index contributed by atoms with van der Waals surface area (Å²) < 4.78 is 19.8.